The van der Waals surface area contributed by atoms with Crippen LogP contribution in [-0.2, 0) is 4.74 Å². The summed E-state index contributed by atoms with van der Waals surface area (Å²) in [5.74, 6) is -0.170. The Morgan fingerprint density at radius 3 is 2.44 bits per heavy atom. The summed E-state index contributed by atoms with van der Waals surface area (Å²) in [4.78, 5) is 11.6. The molecule has 0 aliphatic carbocycles. The predicted molar refractivity (Wildman–Crippen MR) is 64.7 cm³/mol. The third kappa shape index (κ3) is 2.77. The first-order chi connectivity index (χ1) is 8.56. The van der Waals surface area contributed by atoms with Crippen molar-refractivity contribution in [1.82, 2.24) is 0 Å². The van der Waals surface area contributed by atoms with Crippen molar-refractivity contribution in [2.75, 3.05) is 0 Å². The van der Waals surface area contributed by atoms with Gasteiger partial charge >= 0.3 is 5.97 Å². The predicted octanol–water partition coefficient (Wildman–Crippen LogP) is 3.65. The molecular formula is C14H13FO3. The van der Waals surface area contributed by atoms with Gasteiger partial charge in [-0.3, -0.25) is 0 Å². The molecule has 0 bridgehead atoms. The highest BCUT2D eigenvalue weighted by molar-refractivity contribution is 5.87. The summed E-state index contributed by atoms with van der Waals surface area (Å²) in [5.41, 5.74) is 0.708. The van der Waals surface area contributed by atoms with Crippen LogP contribution in [0.2, 0.25) is 0 Å². The maximum absolute atomic E-state index is 12.8. The van der Waals surface area contributed by atoms with E-state index < -0.39 is 5.97 Å². The third-order valence-corrected chi connectivity index (χ3v) is 2.28. The van der Waals surface area contributed by atoms with Gasteiger partial charge in [0.15, 0.2) is 0 Å². The molecular weight excluding hydrogens is 235 g/mol. The molecule has 1 aromatic heterocycles. The standard InChI is InChI=1S/C14H13FO3/c1-9(2)17-14(16)13-8-7-12(18-13)10-3-5-11(15)6-4-10/h3-9H,1-2H3. The highest BCUT2D eigenvalue weighted by Crippen LogP contribution is 2.22. The van der Waals surface area contributed by atoms with E-state index in [1.54, 1.807) is 38.1 Å². The monoisotopic (exact) mass is 248 g/mol. The highest BCUT2D eigenvalue weighted by Gasteiger charge is 2.14. The van der Waals surface area contributed by atoms with Crippen molar-refractivity contribution in [2.45, 2.75) is 20.0 Å². The summed E-state index contributed by atoms with van der Waals surface area (Å²) in [6.45, 7) is 3.53. The van der Waals surface area contributed by atoms with E-state index in [1.807, 2.05) is 0 Å². The van der Waals surface area contributed by atoms with Crippen molar-refractivity contribution in [3.63, 3.8) is 0 Å². The molecule has 94 valence electrons. The number of rotatable bonds is 3. The van der Waals surface area contributed by atoms with Crippen molar-refractivity contribution in [3.8, 4) is 11.3 Å². The normalized spacial score (nSPS) is 10.7. The van der Waals surface area contributed by atoms with Gasteiger partial charge in [0.2, 0.25) is 5.76 Å². The second kappa shape index (κ2) is 5.04. The minimum atomic E-state index is -0.502. The number of furan rings is 1. The van der Waals surface area contributed by atoms with Crippen LogP contribution in [0.1, 0.15) is 24.4 Å². The first-order valence-electron chi connectivity index (χ1n) is 5.63. The number of halogens is 1. The van der Waals surface area contributed by atoms with Gasteiger partial charge in [0, 0.05) is 5.56 Å². The Morgan fingerprint density at radius 1 is 1.17 bits per heavy atom. The van der Waals surface area contributed by atoms with Gasteiger partial charge in [-0.25, -0.2) is 9.18 Å². The quantitative estimate of drug-likeness (QED) is 0.778. The fourth-order valence-electron chi connectivity index (χ4n) is 1.49. The molecule has 0 unspecified atom stereocenters. The lowest BCUT2D eigenvalue weighted by atomic mass is 10.2. The van der Waals surface area contributed by atoms with E-state index in [0.717, 1.165) is 0 Å². The van der Waals surface area contributed by atoms with Gasteiger partial charge in [0.1, 0.15) is 11.6 Å². The van der Waals surface area contributed by atoms with E-state index >= 15 is 0 Å². The van der Waals surface area contributed by atoms with Crippen LogP contribution in [0.3, 0.4) is 0 Å². The first kappa shape index (κ1) is 12.4. The number of hydrogen-bond donors (Lipinski definition) is 0. The highest BCUT2D eigenvalue weighted by atomic mass is 19.1. The van der Waals surface area contributed by atoms with Gasteiger partial charge in [0.05, 0.1) is 6.10 Å². The topological polar surface area (TPSA) is 39.4 Å². The van der Waals surface area contributed by atoms with E-state index in [2.05, 4.69) is 0 Å². The van der Waals surface area contributed by atoms with Crippen LogP contribution < -0.4 is 0 Å². The van der Waals surface area contributed by atoms with E-state index in [4.69, 9.17) is 9.15 Å². The van der Waals surface area contributed by atoms with E-state index in [9.17, 15) is 9.18 Å². The van der Waals surface area contributed by atoms with Crippen LogP contribution in [0, 0.1) is 5.82 Å². The van der Waals surface area contributed by atoms with Crippen molar-refractivity contribution in [3.05, 3.63) is 48.0 Å². The molecule has 0 aliphatic heterocycles. The van der Waals surface area contributed by atoms with Crippen molar-refractivity contribution in [1.29, 1.82) is 0 Å². The minimum absolute atomic E-state index is 0.142. The molecule has 0 atom stereocenters. The second-order valence-electron chi connectivity index (χ2n) is 4.12. The van der Waals surface area contributed by atoms with Gasteiger partial charge in [-0.2, -0.15) is 0 Å². The largest absolute Gasteiger partial charge is 0.457 e. The number of carbonyl (C=O) groups excluding carboxylic acids is 1. The number of benzene rings is 1. The van der Waals surface area contributed by atoms with Crippen molar-refractivity contribution < 1.29 is 18.3 Å². The van der Waals surface area contributed by atoms with E-state index in [-0.39, 0.29) is 17.7 Å². The molecule has 4 heteroatoms. The zero-order valence-electron chi connectivity index (χ0n) is 10.1. The molecule has 1 heterocycles. The zero-order chi connectivity index (χ0) is 13.1. The maximum Gasteiger partial charge on any atom is 0.374 e. The Labute approximate surface area is 104 Å². The molecule has 0 N–H and O–H groups in total. The molecule has 2 aromatic rings. The maximum atomic E-state index is 12.8. The van der Waals surface area contributed by atoms with Crippen LogP contribution in [0.15, 0.2) is 40.8 Å². The molecule has 0 saturated heterocycles. The number of hydrogen-bond acceptors (Lipinski definition) is 3. The summed E-state index contributed by atoms with van der Waals surface area (Å²) in [6.07, 6.45) is -0.197. The molecule has 0 aliphatic rings. The zero-order valence-corrected chi connectivity index (χ0v) is 10.1. The molecule has 0 saturated carbocycles. The van der Waals surface area contributed by atoms with E-state index in [1.165, 1.54) is 12.1 Å². The molecule has 0 amide bonds. The number of esters is 1. The molecule has 2 rings (SSSR count). The van der Waals surface area contributed by atoms with Gasteiger partial charge in [-0.05, 0) is 50.2 Å². The summed E-state index contributed by atoms with van der Waals surface area (Å²) in [7, 11) is 0. The molecule has 18 heavy (non-hydrogen) atoms. The first-order valence-corrected chi connectivity index (χ1v) is 5.63. The Kier molecular flexibility index (Phi) is 3.46. The van der Waals surface area contributed by atoms with Gasteiger partial charge in [-0.15, -0.1) is 0 Å². The van der Waals surface area contributed by atoms with Crippen LogP contribution in [-0.4, -0.2) is 12.1 Å². The summed E-state index contributed by atoms with van der Waals surface area (Å²) < 4.78 is 23.2. The Balaban J connectivity index is 2.20. The van der Waals surface area contributed by atoms with E-state index in [0.29, 0.717) is 11.3 Å². The lowest BCUT2D eigenvalue weighted by molar-refractivity contribution is 0.0342. The second-order valence-corrected chi connectivity index (χ2v) is 4.12. The Morgan fingerprint density at radius 2 is 1.83 bits per heavy atom. The Bertz CT molecular complexity index is 540. The van der Waals surface area contributed by atoms with Gasteiger partial charge in [0.25, 0.3) is 0 Å². The summed E-state index contributed by atoms with van der Waals surface area (Å²) in [5, 5.41) is 0. The summed E-state index contributed by atoms with van der Waals surface area (Å²) in [6, 6.07) is 9.05. The smallest absolute Gasteiger partial charge is 0.374 e. The SMILES string of the molecule is CC(C)OC(=O)c1ccc(-c2ccc(F)cc2)o1. The van der Waals surface area contributed by atoms with Crippen molar-refractivity contribution in [2.24, 2.45) is 0 Å². The lowest BCUT2D eigenvalue weighted by Crippen LogP contribution is -2.10. The lowest BCUT2D eigenvalue weighted by Gasteiger charge is -2.05. The number of ether oxygens (including phenoxy) is 1. The molecule has 3 nitrogen and oxygen atoms in total. The molecule has 0 spiro atoms. The van der Waals surface area contributed by atoms with Crippen LogP contribution in [0.25, 0.3) is 11.3 Å². The minimum Gasteiger partial charge on any atom is -0.457 e. The fourth-order valence-corrected chi connectivity index (χ4v) is 1.49. The average molecular weight is 248 g/mol. The van der Waals surface area contributed by atoms with Crippen LogP contribution >= 0.6 is 0 Å². The van der Waals surface area contributed by atoms with Gasteiger partial charge in [-0.1, -0.05) is 0 Å². The molecule has 1 aromatic carbocycles. The van der Waals surface area contributed by atoms with Crippen molar-refractivity contribution >= 4 is 5.97 Å². The fraction of sp³-hybridized carbons (Fsp3) is 0.214. The van der Waals surface area contributed by atoms with Crippen LogP contribution in [0.5, 0.6) is 0 Å². The molecule has 0 radical (unpaired) electrons. The average Bonchev–Trinajstić information content (AvgIpc) is 2.78. The summed E-state index contributed by atoms with van der Waals surface area (Å²) >= 11 is 0. The number of carbonyl (C=O) groups is 1. The third-order valence-electron chi connectivity index (χ3n) is 2.28. The molecule has 0 fully saturated rings. The Hall–Kier alpha value is -2.10. The van der Waals surface area contributed by atoms with Crippen LogP contribution in [0.4, 0.5) is 4.39 Å². The van der Waals surface area contributed by atoms with Gasteiger partial charge < -0.3 is 9.15 Å².